The summed E-state index contributed by atoms with van der Waals surface area (Å²) < 4.78 is 46.0. The smallest absolute Gasteiger partial charge is 0.416 e. The van der Waals surface area contributed by atoms with Gasteiger partial charge >= 0.3 is 12.3 Å². The van der Waals surface area contributed by atoms with Crippen LogP contribution in [0.4, 0.5) is 18.0 Å². The van der Waals surface area contributed by atoms with Crippen LogP contribution in [0.15, 0.2) is 24.3 Å². The molecule has 1 N–H and O–H groups in total. The molecule has 8 nitrogen and oxygen atoms in total. The highest BCUT2D eigenvalue weighted by Gasteiger charge is 2.31. The lowest BCUT2D eigenvalue weighted by molar-refractivity contribution is -0.137. The third-order valence-electron chi connectivity index (χ3n) is 6.23. The van der Waals surface area contributed by atoms with E-state index in [1.54, 1.807) is 23.7 Å². The van der Waals surface area contributed by atoms with Crippen molar-refractivity contribution in [3.8, 4) is 0 Å². The van der Waals surface area contributed by atoms with Crippen molar-refractivity contribution in [3.63, 3.8) is 0 Å². The maximum atomic E-state index is 13.0. The van der Waals surface area contributed by atoms with Gasteiger partial charge in [0, 0.05) is 12.6 Å². The SMILES string of the molecule is Cc1cc(COC(=O)N2CCn3nc(C(=O)CN4CCC[C@H]4CO)cc3C2)cc(C(F)(F)F)c1. The zero-order chi connectivity index (χ0) is 24.5. The van der Waals surface area contributed by atoms with Crippen LogP contribution in [0.5, 0.6) is 0 Å². The first-order chi connectivity index (χ1) is 16.1. The van der Waals surface area contributed by atoms with Gasteiger partial charge in [-0.1, -0.05) is 11.6 Å². The van der Waals surface area contributed by atoms with E-state index in [-0.39, 0.29) is 43.7 Å². The van der Waals surface area contributed by atoms with Crippen LogP contribution in [0.1, 0.15) is 45.7 Å². The second-order valence-electron chi connectivity index (χ2n) is 8.80. The number of benzene rings is 1. The molecule has 2 aliphatic heterocycles. The molecule has 1 aromatic carbocycles. The number of nitrogens with zero attached hydrogens (tertiary/aromatic N) is 4. The Balaban J connectivity index is 1.35. The van der Waals surface area contributed by atoms with Crippen molar-refractivity contribution >= 4 is 11.9 Å². The summed E-state index contributed by atoms with van der Waals surface area (Å²) in [4.78, 5) is 28.6. The summed E-state index contributed by atoms with van der Waals surface area (Å²) in [5, 5.41) is 13.8. The Hall–Kier alpha value is -2.92. The van der Waals surface area contributed by atoms with E-state index in [1.807, 2.05) is 4.90 Å². The van der Waals surface area contributed by atoms with Gasteiger partial charge < -0.3 is 14.7 Å². The van der Waals surface area contributed by atoms with Gasteiger partial charge in [0.25, 0.3) is 0 Å². The van der Waals surface area contributed by atoms with E-state index in [4.69, 9.17) is 4.74 Å². The zero-order valence-electron chi connectivity index (χ0n) is 18.8. The Kier molecular flexibility index (Phi) is 6.94. The third kappa shape index (κ3) is 5.41. The topological polar surface area (TPSA) is 87.9 Å². The normalized spacial score (nSPS) is 18.7. The molecule has 0 bridgehead atoms. The number of hydrogen-bond donors (Lipinski definition) is 1. The summed E-state index contributed by atoms with van der Waals surface area (Å²) in [7, 11) is 0. The Bertz CT molecular complexity index is 1070. The van der Waals surface area contributed by atoms with Gasteiger partial charge in [0.1, 0.15) is 12.3 Å². The van der Waals surface area contributed by atoms with Crippen LogP contribution in [0, 0.1) is 6.92 Å². The lowest BCUT2D eigenvalue weighted by atomic mass is 10.1. The Morgan fingerprint density at radius 3 is 2.71 bits per heavy atom. The molecule has 4 rings (SSSR count). The molecule has 3 heterocycles. The lowest BCUT2D eigenvalue weighted by Crippen LogP contribution is -2.38. The number of aliphatic hydroxyl groups is 1. The average molecular weight is 480 g/mol. The Labute approximate surface area is 194 Å². The number of ether oxygens (including phenoxy) is 1. The number of ketones is 1. The molecule has 1 amide bonds. The van der Waals surface area contributed by atoms with Crippen molar-refractivity contribution in [2.75, 3.05) is 26.2 Å². The predicted octanol–water partition coefficient (Wildman–Crippen LogP) is 3.00. The number of alkyl halides is 3. The molecule has 0 spiro atoms. The second-order valence-corrected chi connectivity index (χ2v) is 8.80. The van der Waals surface area contributed by atoms with Gasteiger partial charge in [0.15, 0.2) is 5.78 Å². The first-order valence-electron chi connectivity index (χ1n) is 11.2. The van der Waals surface area contributed by atoms with Gasteiger partial charge in [0.05, 0.1) is 37.5 Å². The highest BCUT2D eigenvalue weighted by atomic mass is 19.4. The molecule has 0 radical (unpaired) electrons. The van der Waals surface area contributed by atoms with Gasteiger partial charge in [-0.15, -0.1) is 0 Å². The van der Waals surface area contributed by atoms with E-state index >= 15 is 0 Å². The van der Waals surface area contributed by atoms with Crippen LogP contribution in [0.3, 0.4) is 0 Å². The molecule has 2 aliphatic rings. The van der Waals surface area contributed by atoms with Crippen molar-refractivity contribution in [2.24, 2.45) is 0 Å². The van der Waals surface area contributed by atoms with E-state index in [2.05, 4.69) is 5.10 Å². The van der Waals surface area contributed by atoms with Crippen LogP contribution >= 0.6 is 0 Å². The summed E-state index contributed by atoms with van der Waals surface area (Å²) in [5.41, 5.74) is 0.907. The van der Waals surface area contributed by atoms with Crippen LogP contribution in [0.25, 0.3) is 0 Å². The number of carbonyl (C=O) groups excluding carboxylic acids is 2. The number of halogens is 3. The van der Waals surface area contributed by atoms with Gasteiger partial charge in [-0.2, -0.15) is 18.3 Å². The molecule has 0 unspecified atom stereocenters. The zero-order valence-corrected chi connectivity index (χ0v) is 18.8. The molecule has 1 atom stereocenters. The molecule has 34 heavy (non-hydrogen) atoms. The monoisotopic (exact) mass is 480 g/mol. The highest BCUT2D eigenvalue weighted by molar-refractivity contribution is 5.96. The van der Waals surface area contributed by atoms with Gasteiger partial charge in [-0.25, -0.2) is 4.79 Å². The summed E-state index contributed by atoms with van der Waals surface area (Å²) in [5.74, 6) is -0.142. The Morgan fingerprint density at radius 1 is 1.18 bits per heavy atom. The standard InChI is InChI=1S/C23H27F3N4O4/c1-15-7-16(9-17(8-15)23(24,25)26)14-34-22(33)29-5-6-30-19(11-29)10-20(27-30)21(32)12-28-4-2-3-18(28)13-31/h7-10,18,31H,2-6,11-14H2,1H3/t18-/m0/s1. The van der Waals surface area contributed by atoms with Crippen molar-refractivity contribution in [1.29, 1.82) is 0 Å². The molecule has 1 saturated heterocycles. The van der Waals surface area contributed by atoms with E-state index < -0.39 is 17.8 Å². The van der Waals surface area contributed by atoms with Crippen LogP contribution < -0.4 is 0 Å². The van der Waals surface area contributed by atoms with E-state index in [0.29, 0.717) is 30.0 Å². The van der Waals surface area contributed by atoms with Crippen molar-refractivity contribution < 1.29 is 32.6 Å². The number of aromatic nitrogens is 2. The Morgan fingerprint density at radius 2 is 1.97 bits per heavy atom. The third-order valence-corrected chi connectivity index (χ3v) is 6.23. The first-order valence-corrected chi connectivity index (χ1v) is 11.2. The average Bonchev–Trinajstić information content (AvgIpc) is 3.42. The number of fused-ring (bicyclic) bond motifs is 1. The number of hydrogen-bond acceptors (Lipinski definition) is 6. The maximum absolute atomic E-state index is 13.0. The fraction of sp³-hybridized carbons (Fsp3) is 0.522. The first kappa shape index (κ1) is 24.2. The van der Waals surface area contributed by atoms with Crippen LogP contribution in [-0.4, -0.2) is 68.8 Å². The van der Waals surface area contributed by atoms with Crippen molar-refractivity contribution in [1.82, 2.24) is 19.6 Å². The molecular weight excluding hydrogens is 453 g/mol. The van der Waals surface area contributed by atoms with Crippen LogP contribution in [-0.2, 0) is 30.6 Å². The quantitative estimate of drug-likeness (QED) is 0.640. The minimum Gasteiger partial charge on any atom is -0.445 e. The lowest BCUT2D eigenvalue weighted by Gasteiger charge is -2.27. The predicted molar refractivity (Wildman–Crippen MR) is 115 cm³/mol. The van der Waals surface area contributed by atoms with Crippen LogP contribution in [0.2, 0.25) is 0 Å². The number of carbonyl (C=O) groups is 2. The fourth-order valence-electron chi connectivity index (χ4n) is 4.48. The summed E-state index contributed by atoms with van der Waals surface area (Å²) >= 11 is 0. The molecular formula is C23H27F3N4O4. The molecule has 11 heteroatoms. The maximum Gasteiger partial charge on any atom is 0.416 e. The van der Waals surface area contributed by atoms with E-state index in [9.17, 15) is 27.9 Å². The second kappa shape index (κ2) is 9.75. The summed E-state index contributed by atoms with van der Waals surface area (Å²) in [6.07, 6.45) is -3.31. The molecule has 2 aromatic rings. The van der Waals surface area contributed by atoms with Crippen molar-refractivity contribution in [3.05, 3.63) is 52.3 Å². The van der Waals surface area contributed by atoms with Crippen molar-refractivity contribution in [2.45, 2.75) is 51.7 Å². The summed E-state index contributed by atoms with van der Waals surface area (Å²) in [6.45, 7) is 3.11. The van der Waals surface area contributed by atoms with Gasteiger partial charge in [-0.05, 0) is 50.1 Å². The summed E-state index contributed by atoms with van der Waals surface area (Å²) in [6, 6.07) is 5.22. The number of Topliss-reactive ketones (excluding diaryl/α,β-unsaturated/α-hetero) is 1. The molecule has 1 fully saturated rings. The molecule has 0 saturated carbocycles. The number of likely N-dealkylation sites (tertiary alicyclic amines) is 1. The van der Waals surface area contributed by atoms with Gasteiger partial charge in [-0.3, -0.25) is 14.4 Å². The van der Waals surface area contributed by atoms with E-state index in [0.717, 1.165) is 31.5 Å². The highest BCUT2D eigenvalue weighted by Crippen LogP contribution is 2.31. The minimum atomic E-state index is -4.47. The molecule has 1 aromatic heterocycles. The fourth-order valence-corrected chi connectivity index (χ4v) is 4.48. The number of aryl methyl sites for hydroxylation is 1. The largest absolute Gasteiger partial charge is 0.445 e. The number of rotatable bonds is 6. The number of aliphatic hydroxyl groups excluding tert-OH is 1. The van der Waals surface area contributed by atoms with E-state index in [1.165, 1.54) is 4.90 Å². The molecule has 0 aliphatic carbocycles. The number of amides is 1. The molecule has 184 valence electrons. The minimum absolute atomic E-state index is 0.00735. The van der Waals surface area contributed by atoms with Gasteiger partial charge in [0.2, 0.25) is 0 Å².